The van der Waals surface area contributed by atoms with Gasteiger partial charge in [-0.3, -0.25) is 4.79 Å². The summed E-state index contributed by atoms with van der Waals surface area (Å²) in [7, 11) is 1.13. The van der Waals surface area contributed by atoms with Gasteiger partial charge in [0.2, 0.25) is 5.82 Å². The average Bonchev–Trinajstić information content (AvgIpc) is 2.42. The molecule has 1 unspecified atom stereocenters. The summed E-state index contributed by atoms with van der Waals surface area (Å²) in [6, 6.07) is 0. The second-order valence-corrected chi connectivity index (χ2v) is 4.91. The first-order valence-corrected chi connectivity index (χ1v) is 6.06. The Morgan fingerprint density at radius 3 is 1.86 bits per heavy atom. The summed E-state index contributed by atoms with van der Waals surface area (Å²) in [5.74, 6) is -12.9. The van der Waals surface area contributed by atoms with Crippen LogP contribution in [0.2, 0.25) is 0 Å². The smallest absolute Gasteiger partial charge is 0.259 e. The van der Waals surface area contributed by atoms with E-state index in [1.54, 1.807) is 6.92 Å². The number of nitrogens with zero attached hydrogens (tertiary/aromatic N) is 1. The van der Waals surface area contributed by atoms with Gasteiger partial charge in [0.05, 0.1) is 4.99 Å². The van der Waals surface area contributed by atoms with Gasteiger partial charge in [-0.2, -0.15) is 0 Å². The Labute approximate surface area is 122 Å². The molecule has 3 nitrogen and oxygen atoms in total. The summed E-state index contributed by atoms with van der Waals surface area (Å²) < 4.78 is 66.0. The van der Waals surface area contributed by atoms with Gasteiger partial charge in [0.25, 0.3) is 5.91 Å². The van der Waals surface area contributed by atoms with Crippen molar-refractivity contribution in [1.29, 1.82) is 0 Å². The number of carbonyl (C=O) groups is 1. The van der Waals surface area contributed by atoms with E-state index < -0.39 is 46.5 Å². The van der Waals surface area contributed by atoms with Crippen LogP contribution in [0.25, 0.3) is 0 Å². The van der Waals surface area contributed by atoms with Gasteiger partial charge in [-0.25, -0.2) is 22.0 Å². The van der Waals surface area contributed by atoms with E-state index >= 15 is 0 Å². The van der Waals surface area contributed by atoms with Crippen LogP contribution in [0.4, 0.5) is 22.0 Å². The molecule has 116 valence electrons. The summed E-state index contributed by atoms with van der Waals surface area (Å²) in [6.07, 6.45) is 0. The minimum atomic E-state index is -2.32. The van der Waals surface area contributed by atoms with E-state index in [0.29, 0.717) is 0 Å². The van der Waals surface area contributed by atoms with E-state index in [4.69, 9.17) is 5.73 Å². The number of hydrogen-bond donors (Lipinski definition) is 1. The normalized spacial score (nSPS) is 12.1. The van der Waals surface area contributed by atoms with Crippen molar-refractivity contribution in [2.75, 3.05) is 13.6 Å². The third kappa shape index (κ3) is 3.29. The molecule has 1 aromatic carbocycles. The van der Waals surface area contributed by atoms with Crippen molar-refractivity contribution in [2.45, 2.75) is 6.92 Å². The lowest BCUT2D eigenvalue weighted by atomic mass is 10.1. The van der Waals surface area contributed by atoms with Crippen molar-refractivity contribution in [3.63, 3.8) is 0 Å². The van der Waals surface area contributed by atoms with Gasteiger partial charge in [-0.15, -0.1) is 0 Å². The van der Waals surface area contributed by atoms with Crippen LogP contribution in [0, 0.1) is 35.0 Å². The quantitative estimate of drug-likeness (QED) is 0.400. The molecule has 0 bridgehead atoms. The SMILES string of the molecule is CC(CN(C)C(=O)c1c(F)c(F)c(F)c(F)c1F)C(N)=S. The van der Waals surface area contributed by atoms with Crippen molar-refractivity contribution >= 4 is 23.1 Å². The molecule has 0 saturated heterocycles. The van der Waals surface area contributed by atoms with Crippen molar-refractivity contribution in [2.24, 2.45) is 11.7 Å². The monoisotopic (exact) mass is 326 g/mol. The van der Waals surface area contributed by atoms with Crippen LogP contribution in [0.1, 0.15) is 17.3 Å². The van der Waals surface area contributed by atoms with Crippen LogP contribution < -0.4 is 5.73 Å². The topological polar surface area (TPSA) is 46.3 Å². The first-order chi connectivity index (χ1) is 9.59. The van der Waals surface area contributed by atoms with Crippen LogP contribution in [-0.4, -0.2) is 29.4 Å². The van der Waals surface area contributed by atoms with Crippen molar-refractivity contribution in [1.82, 2.24) is 4.90 Å². The molecule has 1 aromatic rings. The molecule has 0 aliphatic heterocycles. The van der Waals surface area contributed by atoms with E-state index in [1.807, 2.05) is 0 Å². The minimum absolute atomic E-state index is 0.0482. The molecule has 0 fully saturated rings. The average molecular weight is 326 g/mol. The lowest BCUT2D eigenvalue weighted by molar-refractivity contribution is 0.0773. The third-order valence-corrected chi connectivity index (χ3v) is 3.21. The lowest BCUT2D eigenvalue weighted by Crippen LogP contribution is -2.36. The number of benzene rings is 1. The second-order valence-electron chi connectivity index (χ2n) is 4.43. The molecule has 0 aliphatic carbocycles. The van der Waals surface area contributed by atoms with E-state index in [-0.39, 0.29) is 11.5 Å². The summed E-state index contributed by atoms with van der Waals surface area (Å²) in [5.41, 5.74) is 3.82. The largest absolute Gasteiger partial charge is 0.393 e. The van der Waals surface area contributed by atoms with Gasteiger partial charge < -0.3 is 10.6 Å². The molecule has 0 aliphatic rings. The fraction of sp³-hybridized carbons (Fsp3) is 0.333. The van der Waals surface area contributed by atoms with Gasteiger partial charge >= 0.3 is 0 Å². The summed E-state index contributed by atoms with van der Waals surface area (Å²) in [6.45, 7) is 1.41. The fourth-order valence-corrected chi connectivity index (χ4v) is 1.64. The fourth-order valence-electron chi connectivity index (χ4n) is 1.57. The summed E-state index contributed by atoms with van der Waals surface area (Å²) in [5, 5.41) is 0. The molecule has 1 amide bonds. The van der Waals surface area contributed by atoms with E-state index in [2.05, 4.69) is 12.2 Å². The van der Waals surface area contributed by atoms with Crippen molar-refractivity contribution in [3.8, 4) is 0 Å². The van der Waals surface area contributed by atoms with E-state index in [1.165, 1.54) is 0 Å². The van der Waals surface area contributed by atoms with Gasteiger partial charge in [0.1, 0.15) is 5.56 Å². The van der Waals surface area contributed by atoms with Crippen molar-refractivity contribution in [3.05, 3.63) is 34.6 Å². The highest BCUT2D eigenvalue weighted by atomic mass is 32.1. The zero-order valence-corrected chi connectivity index (χ0v) is 11.8. The highest BCUT2D eigenvalue weighted by molar-refractivity contribution is 7.80. The van der Waals surface area contributed by atoms with E-state index in [0.717, 1.165) is 11.9 Å². The Morgan fingerprint density at radius 2 is 1.48 bits per heavy atom. The molecular weight excluding hydrogens is 315 g/mol. The molecule has 1 atom stereocenters. The molecule has 2 N–H and O–H groups in total. The van der Waals surface area contributed by atoms with Crippen LogP contribution in [-0.2, 0) is 0 Å². The predicted octanol–water partition coefficient (Wildman–Crippen LogP) is 2.38. The Balaban J connectivity index is 3.22. The molecular formula is C12H11F5N2OS. The highest BCUT2D eigenvalue weighted by Gasteiger charge is 2.31. The standard InChI is InChI=1S/C12H11F5N2OS/c1-4(11(18)21)3-19(2)12(20)5-6(13)8(15)10(17)9(16)7(5)14/h4H,3H2,1-2H3,(H2,18,21). The molecule has 0 radical (unpaired) electrons. The number of halogens is 5. The molecule has 9 heteroatoms. The van der Waals surface area contributed by atoms with E-state index in [9.17, 15) is 26.7 Å². The molecule has 0 heterocycles. The molecule has 0 saturated carbocycles. The number of thiocarbonyl (C=S) groups is 1. The first kappa shape index (κ1) is 17.3. The number of carbonyl (C=O) groups excluding carboxylic acids is 1. The second kappa shape index (κ2) is 6.33. The van der Waals surface area contributed by atoms with Crippen molar-refractivity contribution < 1.29 is 26.7 Å². The maximum absolute atomic E-state index is 13.5. The molecule has 0 spiro atoms. The maximum atomic E-state index is 13.5. The first-order valence-electron chi connectivity index (χ1n) is 5.65. The summed E-state index contributed by atoms with van der Waals surface area (Å²) >= 11 is 4.67. The maximum Gasteiger partial charge on any atom is 0.259 e. The Kier molecular flexibility index (Phi) is 5.21. The molecule has 21 heavy (non-hydrogen) atoms. The number of rotatable bonds is 4. The van der Waals surface area contributed by atoms with Gasteiger partial charge in [-0.05, 0) is 0 Å². The highest BCUT2D eigenvalue weighted by Crippen LogP contribution is 2.24. The Bertz CT molecular complexity index is 579. The van der Waals surface area contributed by atoms with Crippen LogP contribution in [0.15, 0.2) is 0 Å². The number of hydrogen-bond acceptors (Lipinski definition) is 2. The van der Waals surface area contributed by atoms with Gasteiger partial charge in [0.15, 0.2) is 23.3 Å². The summed E-state index contributed by atoms with van der Waals surface area (Å²) in [4.78, 5) is 12.7. The Morgan fingerprint density at radius 1 is 1.10 bits per heavy atom. The van der Waals surface area contributed by atoms with Crippen LogP contribution in [0.3, 0.4) is 0 Å². The molecule has 0 aromatic heterocycles. The van der Waals surface area contributed by atoms with Crippen LogP contribution >= 0.6 is 12.2 Å². The zero-order chi connectivity index (χ0) is 16.5. The van der Waals surface area contributed by atoms with Gasteiger partial charge in [0, 0.05) is 19.5 Å². The Hall–Kier alpha value is -1.77. The predicted molar refractivity (Wildman–Crippen MR) is 69.1 cm³/mol. The van der Waals surface area contributed by atoms with Crippen LogP contribution in [0.5, 0.6) is 0 Å². The minimum Gasteiger partial charge on any atom is -0.393 e. The number of nitrogens with two attached hydrogens (primary N) is 1. The third-order valence-electron chi connectivity index (χ3n) is 2.80. The number of amides is 1. The lowest BCUT2D eigenvalue weighted by Gasteiger charge is -2.21. The van der Waals surface area contributed by atoms with Gasteiger partial charge in [-0.1, -0.05) is 19.1 Å². The molecule has 1 rings (SSSR count). The zero-order valence-electron chi connectivity index (χ0n) is 11.0.